The monoisotopic (exact) mass is 246 g/mol. The SMILES string of the molecule is CCOc1cc(CC)c(F)cc1Br. The molecule has 13 heavy (non-hydrogen) atoms. The quantitative estimate of drug-likeness (QED) is 0.793. The zero-order valence-corrected chi connectivity index (χ0v) is 9.32. The van der Waals surface area contributed by atoms with E-state index in [9.17, 15) is 4.39 Å². The average Bonchev–Trinajstić information content (AvgIpc) is 2.10. The molecule has 0 atom stereocenters. The Morgan fingerprint density at radius 2 is 2.08 bits per heavy atom. The highest BCUT2D eigenvalue weighted by Crippen LogP contribution is 2.28. The molecule has 0 fully saturated rings. The number of hydrogen-bond donors (Lipinski definition) is 0. The zero-order chi connectivity index (χ0) is 9.84. The van der Waals surface area contributed by atoms with Gasteiger partial charge in [0.1, 0.15) is 11.6 Å². The maximum Gasteiger partial charge on any atom is 0.133 e. The third-order valence-corrected chi connectivity index (χ3v) is 2.40. The van der Waals surface area contributed by atoms with E-state index in [1.54, 1.807) is 6.07 Å². The molecule has 0 aliphatic heterocycles. The molecule has 0 saturated heterocycles. The molecule has 0 saturated carbocycles. The number of halogens is 2. The summed E-state index contributed by atoms with van der Waals surface area (Å²) in [4.78, 5) is 0. The molecule has 0 unspecified atom stereocenters. The van der Waals surface area contributed by atoms with Crippen molar-refractivity contribution >= 4 is 15.9 Å². The summed E-state index contributed by atoms with van der Waals surface area (Å²) in [6.45, 7) is 4.41. The van der Waals surface area contributed by atoms with Gasteiger partial charge in [0.05, 0.1) is 11.1 Å². The Bertz CT molecular complexity index is 299. The number of ether oxygens (including phenoxy) is 1. The van der Waals surface area contributed by atoms with E-state index < -0.39 is 0 Å². The topological polar surface area (TPSA) is 9.23 Å². The third-order valence-electron chi connectivity index (χ3n) is 1.78. The van der Waals surface area contributed by atoms with Crippen LogP contribution in [0.25, 0.3) is 0 Å². The predicted molar refractivity (Wildman–Crippen MR) is 54.6 cm³/mol. The van der Waals surface area contributed by atoms with Gasteiger partial charge < -0.3 is 4.74 Å². The normalized spacial score (nSPS) is 10.2. The Labute approximate surface area is 86.0 Å². The van der Waals surface area contributed by atoms with Gasteiger partial charge in [-0.3, -0.25) is 0 Å². The number of rotatable bonds is 3. The highest BCUT2D eigenvalue weighted by atomic mass is 79.9. The van der Waals surface area contributed by atoms with Gasteiger partial charge in [0.15, 0.2) is 0 Å². The molecule has 0 heterocycles. The number of hydrogen-bond acceptors (Lipinski definition) is 1. The first-order chi connectivity index (χ1) is 6.19. The van der Waals surface area contributed by atoms with Crippen molar-refractivity contribution in [2.45, 2.75) is 20.3 Å². The summed E-state index contributed by atoms with van der Waals surface area (Å²) in [5, 5.41) is 0. The molecule has 3 heteroatoms. The van der Waals surface area contributed by atoms with Gasteiger partial charge in [-0.25, -0.2) is 4.39 Å². The standard InChI is InChI=1S/C10H12BrFO/c1-3-7-5-10(13-4-2)8(11)6-9(7)12/h5-6H,3-4H2,1-2H3. The smallest absolute Gasteiger partial charge is 0.133 e. The van der Waals surface area contributed by atoms with Crippen molar-refractivity contribution in [3.63, 3.8) is 0 Å². The Hall–Kier alpha value is -0.570. The summed E-state index contributed by atoms with van der Waals surface area (Å²) >= 11 is 3.25. The summed E-state index contributed by atoms with van der Waals surface area (Å²) in [5.41, 5.74) is 0.687. The van der Waals surface area contributed by atoms with Crippen LogP contribution < -0.4 is 4.74 Å². The van der Waals surface area contributed by atoms with E-state index in [0.717, 1.165) is 0 Å². The fraction of sp³-hybridized carbons (Fsp3) is 0.400. The van der Waals surface area contributed by atoms with Gasteiger partial charge in [0.25, 0.3) is 0 Å². The highest BCUT2D eigenvalue weighted by Gasteiger charge is 2.07. The molecular weight excluding hydrogens is 235 g/mol. The van der Waals surface area contributed by atoms with Crippen LogP contribution in [0.4, 0.5) is 4.39 Å². The second-order valence-electron chi connectivity index (χ2n) is 2.66. The van der Waals surface area contributed by atoms with Crippen molar-refractivity contribution in [3.05, 3.63) is 28.0 Å². The molecule has 0 bridgehead atoms. The molecule has 0 spiro atoms. The van der Waals surface area contributed by atoms with Crippen LogP contribution in [0, 0.1) is 5.82 Å². The first-order valence-corrected chi connectivity index (χ1v) is 5.09. The average molecular weight is 247 g/mol. The van der Waals surface area contributed by atoms with Gasteiger partial charge in [0.2, 0.25) is 0 Å². The molecular formula is C10H12BrFO. The van der Waals surface area contributed by atoms with Gasteiger partial charge in [-0.1, -0.05) is 6.92 Å². The second-order valence-corrected chi connectivity index (χ2v) is 3.51. The number of benzene rings is 1. The van der Waals surface area contributed by atoms with Crippen LogP contribution in [0.5, 0.6) is 5.75 Å². The Morgan fingerprint density at radius 1 is 1.38 bits per heavy atom. The molecule has 1 aromatic carbocycles. The number of aryl methyl sites for hydroxylation is 1. The molecule has 0 aliphatic rings. The molecule has 0 aliphatic carbocycles. The highest BCUT2D eigenvalue weighted by molar-refractivity contribution is 9.10. The minimum atomic E-state index is -0.183. The van der Waals surface area contributed by atoms with Gasteiger partial charge in [-0.2, -0.15) is 0 Å². The Morgan fingerprint density at radius 3 is 2.62 bits per heavy atom. The van der Waals surface area contributed by atoms with E-state index in [-0.39, 0.29) is 5.82 Å². The molecule has 0 amide bonds. The zero-order valence-electron chi connectivity index (χ0n) is 7.73. The lowest BCUT2D eigenvalue weighted by molar-refractivity contribution is 0.337. The fourth-order valence-electron chi connectivity index (χ4n) is 1.11. The lowest BCUT2D eigenvalue weighted by atomic mass is 10.1. The predicted octanol–water partition coefficient (Wildman–Crippen LogP) is 3.55. The molecule has 1 aromatic rings. The van der Waals surface area contributed by atoms with Gasteiger partial charge in [-0.05, 0) is 47.0 Å². The van der Waals surface area contributed by atoms with Crippen molar-refractivity contribution in [2.24, 2.45) is 0 Å². The molecule has 1 rings (SSSR count). The fourth-order valence-corrected chi connectivity index (χ4v) is 1.54. The molecule has 1 nitrogen and oxygen atoms in total. The van der Waals surface area contributed by atoms with Crippen LogP contribution in [0.1, 0.15) is 19.4 Å². The van der Waals surface area contributed by atoms with Crippen molar-refractivity contribution < 1.29 is 9.13 Å². The minimum Gasteiger partial charge on any atom is -0.493 e. The summed E-state index contributed by atoms with van der Waals surface area (Å²) in [6.07, 6.45) is 0.680. The summed E-state index contributed by atoms with van der Waals surface area (Å²) in [6, 6.07) is 3.19. The molecule has 0 N–H and O–H groups in total. The van der Waals surface area contributed by atoms with E-state index >= 15 is 0 Å². The van der Waals surface area contributed by atoms with Crippen LogP contribution >= 0.6 is 15.9 Å². The van der Waals surface area contributed by atoms with Crippen LogP contribution in [0.2, 0.25) is 0 Å². The largest absolute Gasteiger partial charge is 0.493 e. The Balaban J connectivity index is 3.06. The van der Waals surface area contributed by atoms with Gasteiger partial charge >= 0.3 is 0 Å². The first kappa shape index (κ1) is 10.5. The van der Waals surface area contributed by atoms with Gasteiger partial charge in [0, 0.05) is 0 Å². The van der Waals surface area contributed by atoms with E-state index in [1.165, 1.54) is 6.07 Å². The van der Waals surface area contributed by atoms with Crippen molar-refractivity contribution in [1.29, 1.82) is 0 Å². The summed E-state index contributed by atoms with van der Waals surface area (Å²) < 4.78 is 19.2. The summed E-state index contributed by atoms with van der Waals surface area (Å²) in [7, 11) is 0. The van der Waals surface area contributed by atoms with E-state index in [0.29, 0.717) is 28.8 Å². The second kappa shape index (κ2) is 4.61. The van der Waals surface area contributed by atoms with E-state index in [2.05, 4.69) is 15.9 Å². The first-order valence-electron chi connectivity index (χ1n) is 4.29. The molecule has 0 radical (unpaired) electrons. The molecule has 72 valence electrons. The van der Waals surface area contributed by atoms with Gasteiger partial charge in [-0.15, -0.1) is 0 Å². The van der Waals surface area contributed by atoms with Crippen molar-refractivity contribution in [2.75, 3.05) is 6.61 Å². The van der Waals surface area contributed by atoms with Crippen LogP contribution in [-0.2, 0) is 6.42 Å². The molecule has 0 aromatic heterocycles. The minimum absolute atomic E-state index is 0.183. The van der Waals surface area contributed by atoms with E-state index in [4.69, 9.17) is 4.74 Å². The summed E-state index contributed by atoms with van der Waals surface area (Å²) in [5.74, 6) is 0.526. The lowest BCUT2D eigenvalue weighted by Crippen LogP contribution is -1.96. The van der Waals surface area contributed by atoms with Crippen molar-refractivity contribution in [3.8, 4) is 5.75 Å². The van der Waals surface area contributed by atoms with Crippen LogP contribution in [0.15, 0.2) is 16.6 Å². The Kier molecular flexibility index (Phi) is 3.72. The van der Waals surface area contributed by atoms with Crippen LogP contribution in [0.3, 0.4) is 0 Å². The third kappa shape index (κ3) is 2.44. The van der Waals surface area contributed by atoms with Crippen LogP contribution in [-0.4, -0.2) is 6.61 Å². The lowest BCUT2D eigenvalue weighted by Gasteiger charge is -2.08. The maximum atomic E-state index is 13.2. The van der Waals surface area contributed by atoms with E-state index in [1.807, 2.05) is 13.8 Å². The van der Waals surface area contributed by atoms with Crippen molar-refractivity contribution in [1.82, 2.24) is 0 Å². The maximum absolute atomic E-state index is 13.2.